The highest BCUT2D eigenvalue weighted by Gasteiger charge is 2.15. The average molecular weight is 304 g/mol. The standard InChI is InChI=1S/C12H15Cl2N3O2/c1-3-17(4-2)10(18)7-15-12(19)8-5-6-9(13)16-11(8)14/h5-6H,3-4,7H2,1-2H3,(H,15,19). The first kappa shape index (κ1) is 15.7. The van der Waals surface area contributed by atoms with Crippen molar-refractivity contribution in [3.05, 3.63) is 28.0 Å². The van der Waals surface area contributed by atoms with Crippen molar-refractivity contribution < 1.29 is 9.59 Å². The summed E-state index contributed by atoms with van der Waals surface area (Å²) in [5.74, 6) is -0.592. The molecule has 0 aliphatic carbocycles. The summed E-state index contributed by atoms with van der Waals surface area (Å²) in [6.45, 7) is 4.90. The predicted octanol–water partition coefficient (Wildman–Crippen LogP) is 1.99. The summed E-state index contributed by atoms with van der Waals surface area (Å²) in [7, 11) is 0. The third kappa shape index (κ3) is 4.36. The Hall–Kier alpha value is -1.33. The molecule has 1 aromatic heterocycles. The van der Waals surface area contributed by atoms with Gasteiger partial charge in [-0.3, -0.25) is 9.59 Å². The van der Waals surface area contributed by atoms with Crippen LogP contribution >= 0.6 is 23.2 Å². The number of amides is 2. The number of pyridine rings is 1. The highest BCUT2D eigenvalue weighted by Crippen LogP contribution is 2.16. The largest absolute Gasteiger partial charge is 0.343 e. The zero-order valence-corrected chi connectivity index (χ0v) is 12.3. The van der Waals surface area contributed by atoms with Gasteiger partial charge in [-0.05, 0) is 26.0 Å². The molecule has 0 aliphatic rings. The molecule has 0 saturated heterocycles. The second-order valence-corrected chi connectivity index (χ2v) is 4.47. The van der Waals surface area contributed by atoms with Crippen LogP contribution in [0.25, 0.3) is 0 Å². The molecule has 1 heterocycles. The second-order valence-electron chi connectivity index (χ2n) is 3.72. The molecule has 0 atom stereocenters. The number of carbonyl (C=O) groups excluding carboxylic acids is 2. The van der Waals surface area contributed by atoms with Crippen LogP contribution in [-0.2, 0) is 4.79 Å². The quantitative estimate of drug-likeness (QED) is 0.846. The van der Waals surface area contributed by atoms with E-state index in [4.69, 9.17) is 23.2 Å². The van der Waals surface area contributed by atoms with E-state index in [0.717, 1.165) is 0 Å². The van der Waals surface area contributed by atoms with E-state index in [1.54, 1.807) is 4.90 Å². The third-order valence-corrected chi connectivity index (χ3v) is 3.07. The maximum atomic E-state index is 11.8. The van der Waals surface area contributed by atoms with Gasteiger partial charge < -0.3 is 10.2 Å². The molecule has 104 valence electrons. The van der Waals surface area contributed by atoms with Gasteiger partial charge >= 0.3 is 0 Å². The zero-order valence-electron chi connectivity index (χ0n) is 10.7. The molecule has 0 fully saturated rings. The highest BCUT2D eigenvalue weighted by molar-refractivity contribution is 6.34. The van der Waals surface area contributed by atoms with Crippen LogP contribution in [0.15, 0.2) is 12.1 Å². The first-order valence-corrected chi connectivity index (χ1v) is 6.63. The molecule has 0 saturated carbocycles. The molecule has 1 aromatic rings. The molecule has 2 amide bonds. The fourth-order valence-electron chi connectivity index (χ4n) is 1.52. The monoisotopic (exact) mass is 303 g/mol. The van der Waals surface area contributed by atoms with E-state index in [9.17, 15) is 9.59 Å². The minimum absolute atomic E-state index is 0.0142. The molecule has 19 heavy (non-hydrogen) atoms. The van der Waals surface area contributed by atoms with Crippen molar-refractivity contribution >= 4 is 35.0 Å². The van der Waals surface area contributed by atoms with Gasteiger partial charge in [0.15, 0.2) is 0 Å². The normalized spacial score (nSPS) is 10.1. The van der Waals surface area contributed by atoms with Gasteiger partial charge in [0.1, 0.15) is 10.3 Å². The van der Waals surface area contributed by atoms with Crippen molar-refractivity contribution in [2.24, 2.45) is 0 Å². The van der Waals surface area contributed by atoms with E-state index in [2.05, 4.69) is 10.3 Å². The number of nitrogens with zero attached hydrogens (tertiary/aromatic N) is 2. The van der Waals surface area contributed by atoms with Crippen molar-refractivity contribution in [1.29, 1.82) is 0 Å². The Bertz CT molecular complexity index is 476. The number of hydrogen-bond donors (Lipinski definition) is 1. The van der Waals surface area contributed by atoms with Crippen LogP contribution < -0.4 is 5.32 Å². The van der Waals surface area contributed by atoms with Gasteiger partial charge in [0.25, 0.3) is 5.91 Å². The average Bonchev–Trinajstić information content (AvgIpc) is 2.37. The molecular weight excluding hydrogens is 289 g/mol. The Morgan fingerprint density at radius 1 is 1.26 bits per heavy atom. The summed E-state index contributed by atoms with van der Waals surface area (Å²) in [6, 6.07) is 2.93. The van der Waals surface area contributed by atoms with Crippen molar-refractivity contribution in [3.63, 3.8) is 0 Å². The Balaban J connectivity index is 2.63. The van der Waals surface area contributed by atoms with Crippen LogP contribution in [0.4, 0.5) is 0 Å². The van der Waals surface area contributed by atoms with Gasteiger partial charge in [0.05, 0.1) is 12.1 Å². The molecule has 1 N–H and O–H groups in total. The molecule has 0 aliphatic heterocycles. The molecule has 1 rings (SSSR count). The maximum Gasteiger partial charge on any atom is 0.254 e. The predicted molar refractivity (Wildman–Crippen MR) is 74.5 cm³/mol. The summed E-state index contributed by atoms with van der Waals surface area (Å²) in [5, 5.41) is 2.73. The van der Waals surface area contributed by atoms with Crippen molar-refractivity contribution in [2.45, 2.75) is 13.8 Å². The first-order chi connectivity index (χ1) is 8.99. The number of hydrogen-bond acceptors (Lipinski definition) is 3. The minimum atomic E-state index is -0.449. The zero-order chi connectivity index (χ0) is 14.4. The van der Waals surface area contributed by atoms with E-state index in [0.29, 0.717) is 13.1 Å². The van der Waals surface area contributed by atoms with Crippen LogP contribution in [0.1, 0.15) is 24.2 Å². The Kier molecular flexibility index (Phi) is 6.05. The van der Waals surface area contributed by atoms with Crippen LogP contribution in [0.2, 0.25) is 10.3 Å². The van der Waals surface area contributed by atoms with Crippen LogP contribution in [0.5, 0.6) is 0 Å². The third-order valence-electron chi connectivity index (χ3n) is 2.58. The first-order valence-electron chi connectivity index (χ1n) is 5.87. The Morgan fingerprint density at radius 3 is 2.42 bits per heavy atom. The fraction of sp³-hybridized carbons (Fsp3) is 0.417. The number of nitrogens with one attached hydrogen (secondary N) is 1. The molecule has 0 bridgehead atoms. The van der Waals surface area contributed by atoms with Gasteiger partial charge in [0.2, 0.25) is 5.91 Å². The molecule has 5 nitrogen and oxygen atoms in total. The summed E-state index contributed by atoms with van der Waals surface area (Å²) >= 11 is 11.4. The summed E-state index contributed by atoms with van der Waals surface area (Å²) in [5.41, 5.74) is 0.193. The van der Waals surface area contributed by atoms with E-state index in [-0.39, 0.29) is 28.3 Å². The molecule has 7 heteroatoms. The lowest BCUT2D eigenvalue weighted by Crippen LogP contribution is -2.40. The highest BCUT2D eigenvalue weighted by atomic mass is 35.5. The van der Waals surface area contributed by atoms with E-state index in [1.165, 1.54) is 12.1 Å². The smallest absolute Gasteiger partial charge is 0.254 e. The molecule has 0 spiro atoms. The van der Waals surface area contributed by atoms with Gasteiger partial charge in [0, 0.05) is 13.1 Å². The molecule has 0 radical (unpaired) electrons. The second kappa shape index (κ2) is 7.31. The summed E-state index contributed by atoms with van der Waals surface area (Å²) in [4.78, 5) is 28.9. The molecule has 0 aromatic carbocycles. The topological polar surface area (TPSA) is 62.3 Å². The number of likely N-dealkylation sites (N-methyl/N-ethyl adjacent to an activating group) is 1. The van der Waals surface area contributed by atoms with E-state index in [1.807, 2.05) is 13.8 Å². The van der Waals surface area contributed by atoms with Crippen molar-refractivity contribution in [2.75, 3.05) is 19.6 Å². The van der Waals surface area contributed by atoms with Gasteiger partial charge in [-0.2, -0.15) is 0 Å². The number of aromatic nitrogens is 1. The fourth-order valence-corrected chi connectivity index (χ4v) is 1.95. The van der Waals surface area contributed by atoms with Crippen molar-refractivity contribution in [1.82, 2.24) is 15.2 Å². The lowest BCUT2D eigenvalue weighted by molar-refractivity contribution is -0.129. The van der Waals surface area contributed by atoms with E-state index >= 15 is 0 Å². The minimum Gasteiger partial charge on any atom is -0.343 e. The Labute approximate surface area is 121 Å². The van der Waals surface area contributed by atoms with Gasteiger partial charge in [-0.1, -0.05) is 23.2 Å². The summed E-state index contributed by atoms with van der Waals surface area (Å²) in [6.07, 6.45) is 0. The SMILES string of the molecule is CCN(CC)C(=O)CNC(=O)c1ccc(Cl)nc1Cl. The molecule has 0 unspecified atom stereocenters. The number of rotatable bonds is 5. The van der Waals surface area contributed by atoms with Crippen molar-refractivity contribution in [3.8, 4) is 0 Å². The summed E-state index contributed by atoms with van der Waals surface area (Å²) < 4.78 is 0. The Morgan fingerprint density at radius 2 is 1.89 bits per heavy atom. The van der Waals surface area contributed by atoms with Gasteiger partial charge in [-0.25, -0.2) is 4.98 Å². The van der Waals surface area contributed by atoms with Crippen LogP contribution in [0.3, 0.4) is 0 Å². The number of carbonyl (C=O) groups is 2. The molecular formula is C12H15Cl2N3O2. The van der Waals surface area contributed by atoms with E-state index < -0.39 is 5.91 Å². The lowest BCUT2D eigenvalue weighted by Gasteiger charge is -2.18. The maximum absolute atomic E-state index is 11.8. The van der Waals surface area contributed by atoms with Gasteiger partial charge in [-0.15, -0.1) is 0 Å². The number of halogens is 2. The van der Waals surface area contributed by atoms with Crippen LogP contribution in [0, 0.1) is 0 Å². The van der Waals surface area contributed by atoms with Crippen LogP contribution in [-0.4, -0.2) is 41.3 Å². The lowest BCUT2D eigenvalue weighted by atomic mass is 10.2.